The van der Waals surface area contributed by atoms with Crippen molar-refractivity contribution in [1.82, 2.24) is 10.6 Å². The molecule has 3 heteroatoms. The summed E-state index contributed by atoms with van der Waals surface area (Å²) in [6, 6.07) is 3.13. The van der Waals surface area contributed by atoms with Gasteiger partial charge in [-0.15, -0.1) is 11.3 Å². The van der Waals surface area contributed by atoms with Crippen LogP contribution >= 0.6 is 11.3 Å². The monoisotopic (exact) mass is 236 g/mol. The normalized spacial score (nSPS) is 23.9. The average Bonchev–Trinajstić information content (AvgIpc) is 2.91. The van der Waals surface area contributed by atoms with Crippen molar-refractivity contribution in [3.05, 3.63) is 21.4 Å². The summed E-state index contributed by atoms with van der Waals surface area (Å²) in [4.78, 5) is 3.18. The van der Waals surface area contributed by atoms with Crippen molar-refractivity contribution in [3.8, 4) is 0 Å². The van der Waals surface area contributed by atoms with Crippen LogP contribution < -0.4 is 10.6 Å². The molecule has 1 unspecified atom stereocenters. The van der Waals surface area contributed by atoms with Gasteiger partial charge in [0, 0.05) is 28.9 Å². The molecule has 0 spiro atoms. The van der Waals surface area contributed by atoms with Gasteiger partial charge in [-0.3, -0.25) is 0 Å². The van der Waals surface area contributed by atoms with Gasteiger partial charge in [-0.2, -0.15) is 0 Å². The second kappa shape index (κ2) is 4.86. The summed E-state index contributed by atoms with van der Waals surface area (Å²) in [5, 5.41) is 7.10. The molecule has 3 rings (SSSR count). The Bertz CT molecular complexity index is 331. The highest BCUT2D eigenvalue weighted by atomic mass is 32.1. The van der Waals surface area contributed by atoms with Crippen LogP contribution in [-0.2, 0) is 19.4 Å². The molecule has 2 N–H and O–H groups in total. The molecule has 16 heavy (non-hydrogen) atoms. The minimum atomic E-state index is 0.715. The van der Waals surface area contributed by atoms with E-state index in [9.17, 15) is 0 Å². The summed E-state index contributed by atoms with van der Waals surface area (Å²) in [5.41, 5.74) is 1.63. The second-order valence-electron chi connectivity index (χ2n) is 4.94. The number of fused-ring (bicyclic) bond motifs is 1. The van der Waals surface area contributed by atoms with Crippen LogP contribution in [0, 0.1) is 0 Å². The van der Waals surface area contributed by atoms with Crippen molar-refractivity contribution in [2.24, 2.45) is 0 Å². The molecule has 0 radical (unpaired) electrons. The fourth-order valence-corrected chi connectivity index (χ4v) is 4.01. The van der Waals surface area contributed by atoms with Gasteiger partial charge in [0.1, 0.15) is 0 Å². The number of thiophene rings is 1. The smallest absolute Gasteiger partial charge is 0.0300 e. The van der Waals surface area contributed by atoms with Gasteiger partial charge < -0.3 is 10.6 Å². The lowest BCUT2D eigenvalue weighted by atomic mass is 10.2. The molecule has 1 aliphatic heterocycles. The predicted octanol–water partition coefficient (Wildman–Crippen LogP) is 2.08. The molecule has 1 atom stereocenters. The van der Waals surface area contributed by atoms with Gasteiger partial charge in [0.25, 0.3) is 0 Å². The van der Waals surface area contributed by atoms with Crippen LogP contribution in [0.4, 0.5) is 0 Å². The van der Waals surface area contributed by atoms with Crippen molar-refractivity contribution in [2.45, 2.75) is 44.7 Å². The van der Waals surface area contributed by atoms with E-state index in [1.54, 1.807) is 10.4 Å². The predicted molar refractivity (Wildman–Crippen MR) is 69.1 cm³/mol. The Kier molecular flexibility index (Phi) is 3.27. The molecule has 2 heterocycles. The molecule has 0 saturated carbocycles. The van der Waals surface area contributed by atoms with E-state index in [2.05, 4.69) is 16.7 Å². The molecule has 0 aromatic carbocycles. The lowest BCUT2D eigenvalue weighted by Crippen LogP contribution is -2.33. The molecule has 0 amide bonds. The summed E-state index contributed by atoms with van der Waals surface area (Å²) in [7, 11) is 0. The SMILES string of the molecule is c1c(CNCC2CCCN2)sc2c1CCC2. The van der Waals surface area contributed by atoms with E-state index in [4.69, 9.17) is 0 Å². The zero-order chi connectivity index (χ0) is 10.8. The fourth-order valence-electron chi connectivity index (χ4n) is 2.78. The first-order valence-corrected chi connectivity index (χ1v) is 7.28. The molecular formula is C13H20N2S. The maximum Gasteiger partial charge on any atom is 0.0300 e. The van der Waals surface area contributed by atoms with Crippen molar-refractivity contribution in [3.63, 3.8) is 0 Å². The second-order valence-corrected chi connectivity index (χ2v) is 6.16. The molecule has 1 saturated heterocycles. The molecule has 88 valence electrons. The highest BCUT2D eigenvalue weighted by Crippen LogP contribution is 2.30. The minimum Gasteiger partial charge on any atom is -0.313 e. The van der Waals surface area contributed by atoms with Crippen LogP contribution in [0.25, 0.3) is 0 Å². The molecule has 1 aromatic heterocycles. The highest BCUT2D eigenvalue weighted by Gasteiger charge is 2.15. The molecular weight excluding hydrogens is 216 g/mol. The van der Waals surface area contributed by atoms with Gasteiger partial charge >= 0.3 is 0 Å². The number of hydrogen-bond acceptors (Lipinski definition) is 3. The molecule has 1 fully saturated rings. The number of hydrogen-bond donors (Lipinski definition) is 2. The van der Waals surface area contributed by atoms with Crippen molar-refractivity contribution in [1.29, 1.82) is 0 Å². The van der Waals surface area contributed by atoms with E-state index in [1.165, 1.54) is 43.5 Å². The Morgan fingerprint density at radius 2 is 2.38 bits per heavy atom. The van der Waals surface area contributed by atoms with Crippen molar-refractivity contribution in [2.75, 3.05) is 13.1 Å². The van der Waals surface area contributed by atoms with Crippen LogP contribution in [0.1, 0.15) is 34.6 Å². The fraction of sp³-hybridized carbons (Fsp3) is 0.692. The summed E-state index contributed by atoms with van der Waals surface area (Å²) >= 11 is 2.02. The largest absolute Gasteiger partial charge is 0.313 e. The first kappa shape index (κ1) is 10.8. The van der Waals surface area contributed by atoms with Crippen LogP contribution in [-0.4, -0.2) is 19.1 Å². The Morgan fingerprint density at radius 1 is 1.38 bits per heavy atom. The van der Waals surface area contributed by atoms with Gasteiger partial charge in [0.15, 0.2) is 0 Å². The first-order chi connectivity index (χ1) is 7.92. The zero-order valence-corrected chi connectivity index (χ0v) is 10.5. The van der Waals surface area contributed by atoms with Gasteiger partial charge in [-0.05, 0) is 50.3 Å². The lowest BCUT2D eigenvalue weighted by molar-refractivity contribution is 0.537. The topological polar surface area (TPSA) is 24.1 Å². The summed E-state index contributed by atoms with van der Waals surface area (Å²) in [6.45, 7) is 3.40. The summed E-state index contributed by atoms with van der Waals surface area (Å²) in [5.74, 6) is 0. The van der Waals surface area contributed by atoms with Gasteiger partial charge in [0.2, 0.25) is 0 Å². The van der Waals surface area contributed by atoms with E-state index in [0.29, 0.717) is 6.04 Å². The third-order valence-corrected chi connectivity index (χ3v) is 4.89. The Morgan fingerprint density at radius 3 is 3.19 bits per heavy atom. The van der Waals surface area contributed by atoms with Gasteiger partial charge in [-0.25, -0.2) is 0 Å². The van der Waals surface area contributed by atoms with Crippen LogP contribution in [0.2, 0.25) is 0 Å². The van der Waals surface area contributed by atoms with E-state index in [1.807, 2.05) is 11.3 Å². The van der Waals surface area contributed by atoms with Crippen LogP contribution in [0.5, 0.6) is 0 Å². The molecule has 2 nitrogen and oxygen atoms in total. The third-order valence-electron chi connectivity index (χ3n) is 3.65. The standard InChI is InChI=1S/C13H20N2S/c1-3-10-7-12(16-13(10)5-1)9-14-8-11-4-2-6-15-11/h7,11,14-15H,1-6,8-9H2. The Labute approximate surface area is 101 Å². The van der Waals surface area contributed by atoms with Gasteiger partial charge in [-0.1, -0.05) is 0 Å². The number of nitrogens with one attached hydrogen (secondary N) is 2. The molecule has 1 aromatic rings. The maximum atomic E-state index is 3.58. The quantitative estimate of drug-likeness (QED) is 0.836. The minimum absolute atomic E-state index is 0.715. The lowest BCUT2D eigenvalue weighted by Gasteiger charge is -2.10. The van der Waals surface area contributed by atoms with E-state index < -0.39 is 0 Å². The van der Waals surface area contributed by atoms with E-state index in [-0.39, 0.29) is 0 Å². The van der Waals surface area contributed by atoms with E-state index >= 15 is 0 Å². The molecule has 1 aliphatic carbocycles. The summed E-state index contributed by atoms with van der Waals surface area (Å²) in [6.07, 6.45) is 6.70. The van der Waals surface area contributed by atoms with E-state index in [0.717, 1.165) is 13.1 Å². The maximum absolute atomic E-state index is 3.58. The van der Waals surface area contributed by atoms with Gasteiger partial charge in [0.05, 0.1) is 0 Å². The molecule has 0 bridgehead atoms. The number of rotatable bonds is 4. The Balaban J connectivity index is 1.47. The van der Waals surface area contributed by atoms with Crippen LogP contribution in [0.3, 0.4) is 0 Å². The van der Waals surface area contributed by atoms with Crippen LogP contribution in [0.15, 0.2) is 6.07 Å². The summed E-state index contributed by atoms with van der Waals surface area (Å²) < 4.78 is 0. The molecule has 2 aliphatic rings. The average molecular weight is 236 g/mol. The highest BCUT2D eigenvalue weighted by molar-refractivity contribution is 7.12. The van der Waals surface area contributed by atoms with Crippen molar-refractivity contribution >= 4 is 11.3 Å². The Hall–Kier alpha value is -0.380. The zero-order valence-electron chi connectivity index (χ0n) is 9.72. The van der Waals surface area contributed by atoms with Crippen molar-refractivity contribution < 1.29 is 0 Å². The number of aryl methyl sites for hydroxylation is 2. The third kappa shape index (κ3) is 2.31. The first-order valence-electron chi connectivity index (χ1n) is 6.46.